The Bertz CT molecular complexity index is 221. The molecule has 0 radical (unpaired) electrons. The molecule has 1 amide bonds. The maximum Gasteiger partial charge on any atom is 0.246 e. The summed E-state index contributed by atoms with van der Waals surface area (Å²) < 4.78 is 0.921. The number of halogens is 1. The summed E-state index contributed by atoms with van der Waals surface area (Å²) in [7, 11) is 6.45. The molecule has 0 aliphatic rings. The van der Waals surface area contributed by atoms with Gasteiger partial charge in [-0.1, -0.05) is 13.5 Å². The van der Waals surface area contributed by atoms with Gasteiger partial charge >= 0.3 is 0 Å². The SMILES string of the molecule is C=C(C)C(=O)NCC(C)C[N+](C)(C)C.[Cl-]. The number of amides is 1. The quantitative estimate of drug-likeness (QED) is 0.434. The number of nitrogens with one attached hydrogen (secondary N) is 1. The van der Waals surface area contributed by atoms with Gasteiger partial charge in [0.1, 0.15) is 0 Å². The van der Waals surface area contributed by atoms with Crippen LogP contribution in [0.5, 0.6) is 0 Å². The molecular weight excluding hydrogens is 212 g/mol. The standard InChI is InChI=1S/C11H22N2O.ClH/c1-9(2)11(14)12-7-10(3)8-13(4,5)6;/h10H,1,7-8H2,2-6H3;1H. The Morgan fingerprint density at radius 1 is 1.40 bits per heavy atom. The summed E-state index contributed by atoms with van der Waals surface area (Å²) in [6, 6.07) is 0. The van der Waals surface area contributed by atoms with E-state index < -0.39 is 0 Å². The predicted molar refractivity (Wildman–Crippen MR) is 59.9 cm³/mol. The Balaban J connectivity index is 0. The molecule has 0 saturated heterocycles. The average Bonchev–Trinajstić information content (AvgIpc) is 1.96. The first-order chi connectivity index (χ1) is 6.22. The Morgan fingerprint density at radius 3 is 2.20 bits per heavy atom. The highest BCUT2D eigenvalue weighted by Gasteiger charge is 2.14. The molecule has 0 aliphatic carbocycles. The minimum absolute atomic E-state index is 0. The lowest BCUT2D eigenvalue weighted by molar-refractivity contribution is -0.873. The van der Waals surface area contributed by atoms with Gasteiger partial charge in [0.05, 0.1) is 27.7 Å². The number of rotatable bonds is 5. The van der Waals surface area contributed by atoms with Crippen LogP contribution in [0.4, 0.5) is 0 Å². The van der Waals surface area contributed by atoms with Crippen LogP contribution < -0.4 is 17.7 Å². The van der Waals surface area contributed by atoms with E-state index in [0.717, 1.165) is 17.6 Å². The number of carbonyl (C=O) groups excluding carboxylic acids is 1. The molecule has 90 valence electrons. The minimum atomic E-state index is -0.0433. The van der Waals surface area contributed by atoms with Crippen LogP contribution in [0, 0.1) is 5.92 Å². The summed E-state index contributed by atoms with van der Waals surface area (Å²) in [5.74, 6) is 0.441. The maximum absolute atomic E-state index is 11.2. The third kappa shape index (κ3) is 9.76. The van der Waals surface area contributed by atoms with Gasteiger partial charge in [-0.15, -0.1) is 0 Å². The van der Waals surface area contributed by atoms with E-state index in [1.807, 2.05) is 0 Å². The molecule has 0 fully saturated rings. The average molecular weight is 235 g/mol. The molecule has 4 heteroatoms. The van der Waals surface area contributed by atoms with Crippen molar-refractivity contribution in [2.45, 2.75) is 13.8 Å². The van der Waals surface area contributed by atoms with Crippen molar-refractivity contribution < 1.29 is 21.7 Å². The van der Waals surface area contributed by atoms with Crippen molar-refractivity contribution in [3.8, 4) is 0 Å². The van der Waals surface area contributed by atoms with E-state index in [1.54, 1.807) is 6.92 Å². The third-order valence-corrected chi connectivity index (χ3v) is 1.86. The van der Waals surface area contributed by atoms with Gasteiger partial charge in [0, 0.05) is 18.0 Å². The number of nitrogens with zero attached hydrogens (tertiary/aromatic N) is 1. The largest absolute Gasteiger partial charge is 1.00 e. The van der Waals surface area contributed by atoms with E-state index in [2.05, 4.69) is 40.0 Å². The van der Waals surface area contributed by atoms with Gasteiger partial charge in [-0.25, -0.2) is 0 Å². The molecule has 0 aromatic rings. The second-order valence-corrected chi connectivity index (χ2v) is 5.07. The monoisotopic (exact) mass is 234 g/mol. The van der Waals surface area contributed by atoms with Gasteiger partial charge in [-0.3, -0.25) is 4.79 Å². The van der Waals surface area contributed by atoms with E-state index in [1.165, 1.54) is 0 Å². The Hall–Kier alpha value is -0.540. The van der Waals surface area contributed by atoms with Crippen LogP contribution in [0.25, 0.3) is 0 Å². The lowest BCUT2D eigenvalue weighted by Gasteiger charge is -2.27. The zero-order valence-corrected chi connectivity index (χ0v) is 11.2. The highest BCUT2D eigenvalue weighted by molar-refractivity contribution is 5.92. The Morgan fingerprint density at radius 2 is 1.87 bits per heavy atom. The van der Waals surface area contributed by atoms with Gasteiger partial charge < -0.3 is 22.2 Å². The van der Waals surface area contributed by atoms with Crippen molar-refractivity contribution in [1.29, 1.82) is 0 Å². The molecule has 0 bridgehead atoms. The van der Waals surface area contributed by atoms with Gasteiger partial charge in [0.15, 0.2) is 0 Å². The summed E-state index contributed by atoms with van der Waals surface area (Å²) in [6.07, 6.45) is 0. The van der Waals surface area contributed by atoms with Gasteiger partial charge in [0.2, 0.25) is 5.91 Å². The Kier molecular flexibility index (Phi) is 7.71. The fourth-order valence-electron chi connectivity index (χ4n) is 1.42. The van der Waals surface area contributed by atoms with Crippen molar-refractivity contribution >= 4 is 5.91 Å². The van der Waals surface area contributed by atoms with E-state index in [-0.39, 0.29) is 18.3 Å². The van der Waals surface area contributed by atoms with E-state index in [4.69, 9.17) is 0 Å². The molecule has 0 saturated carbocycles. The molecule has 0 aromatic carbocycles. The first-order valence-corrected chi connectivity index (χ1v) is 4.96. The number of carbonyl (C=O) groups is 1. The zero-order chi connectivity index (χ0) is 11.4. The van der Waals surface area contributed by atoms with Crippen molar-refractivity contribution in [3.05, 3.63) is 12.2 Å². The van der Waals surface area contributed by atoms with E-state index in [9.17, 15) is 4.79 Å². The van der Waals surface area contributed by atoms with Crippen LogP contribution in [0.3, 0.4) is 0 Å². The van der Waals surface area contributed by atoms with Crippen LogP contribution in [-0.2, 0) is 4.79 Å². The summed E-state index contributed by atoms with van der Waals surface area (Å²) >= 11 is 0. The van der Waals surface area contributed by atoms with E-state index in [0.29, 0.717) is 11.5 Å². The smallest absolute Gasteiger partial charge is 0.246 e. The van der Waals surface area contributed by atoms with Crippen molar-refractivity contribution in [2.24, 2.45) is 5.92 Å². The van der Waals surface area contributed by atoms with Gasteiger partial charge in [-0.2, -0.15) is 0 Å². The normalized spacial score (nSPS) is 12.6. The second kappa shape index (κ2) is 6.85. The van der Waals surface area contributed by atoms with Crippen molar-refractivity contribution in [2.75, 3.05) is 34.2 Å². The topological polar surface area (TPSA) is 29.1 Å². The maximum atomic E-state index is 11.2. The van der Waals surface area contributed by atoms with Crippen molar-refractivity contribution in [3.63, 3.8) is 0 Å². The van der Waals surface area contributed by atoms with Crippen LogP contribution >= 0.6 is 0 Å². The molecule has 0 aromatic heterocycles. The highest BCUT2D eigenvalue weighted by Crippen LogP contribution is 2.01. The number of hydrogen-bond acceptors (Lipinski definition) is 1. The van der Waals surface area contributed by atoms with Crippen LogP contribution in [0.15, 0.2) is 12.2 Å². The molecule has 1 unspecified atom stereocenters. The zero-order valence-electron chi connectivity index (χ0n) is 10.4. The summed E-state index contributed by atoms with van der Waals surface area (Å²) in [5.41, 5.74) is 0.572. The number of hydrogen-bond donors (Lipinski definition) is 1. The van der Waals surface area contributed by atoms with Gasteiger partial charge in [0.25, 0.3) is 0 Å². The molecule has 1 N–H and O–H groups in total. The number of quaternary nitrogens is 1. The molecule has 0 aliphatic heterocycles. The molecule has 0 heterocycles. The minimum Gasteiger partial charge on any atom is -1.00 e. The first kappa shape index (κ1) is 16.9. The lowest BCUT2D eigenvalue weighted by atomic mass is 10.1. The summed E-state index contributed by atoms with van der Waals surface area (Å²) in [5, 5.41) is 2.86. The van der Waals surface area contributed by atoms with Crippen LogP contribution in [0.2, 0.25) is 0 Å². The fourth-order valence-corrected chi connectivity index (χ4v) is 1.42. The van der Waals surface area contributed by atoms with Crippen molar-refractivity contribution in [1.82, 2.24) is 5.32 Å². The molecule has 0 rings (SSSR count). The molecule has 0 spiro atoms. The first-order valence-electron chi connectivity index (χ1n) is 4.96. The molecule has 15 heavy (non-hydrogen) atoms. The van der Waals surface area contributed by atoms with Crippen LogP contribution in [-0.4, -0.2) is 44.6 Å². The Labute approximate surface area is 99.5 Å². The molecule has 1 atom stereocenters. The molecule has 3 nitrogen and oxygen atoms in total. The summed E-state index contributed by atoms with van der Waals surface area (Å²) in [4.78, 5) is 11.2. The third-order valence-electron chi connectivity index (χ3n) is 1.86. The fraction of sp³-hybridized carbons (Fsp3) is 0.727. The lowest BCUT2D eigenvalue weighted by Crippen LogP contribution is -3.00. The second-order valence-electron chi connectivity index (χ2n) is 5.07. The van der Waals surface area contributed by atoms with E-state index >= 15 is 0 Å². The predicted octanol–water partition coefficient (Wildman–Crippen LogP) is -1.97. The molecular formula is C11H23ClN2O. The van der Waals surface area contributed by atoms with Crippen LogP contribution in [0.1, 0.15) is 13.8 Å². The highest BCUT2D eigenvalue weighted by atomic mass is 35.5. The summed E-state index contributed by atoms with van der Waals surface area (Å²) in [6.45, 7) is 9.23. The van der Waals surface area contributed by atoms with Gasteiger partial charge in [-0.05, 0) is 6.92 Å².